The van der Waals surface area contributed by atoms with Crippen molar-refractivity contribution < 1.29 is 73.2 Å². The predicted molar refractivity (Wildman–Crippen MR) is 220 cm³/mol. The fourth-order valence-electron chi connectivity index (χ4n) is 8.02. The second kappa shape index (κ2) is 26.0. The number of aliphatic hydroxyl groups is 2. The molecule has 62 heavy (non-hydrogen) atoms. The largest absolute Gasteiger partial charge is 1.00 e. The van der Waals surface area contributed by atoms with Gasteiger partial charge in [0, 0.05) is 62.0 Å². The molecule has 0 unspecified atom stereocenters. The zero-order valence-electron chi connectivity index (χ0n) is 36.1. The smallest absolute Gasteiger partial charge is 0.870 e. The molecule has 4 heterocycles. The number of piperazine rings is 2. The van der Waals surface area contributed by atoms with Crippen LogP contribution in [-0.4, -0.2) is 170 Å². The molecular formula is C42H61LiN8O11. The van der Waals surface area contributed by atoms with E-state index in [0.29, 0.717) is 19.5 Å². The molecule has 20 heteroatoms. The molecule has 6 amide bonds. The quantitative estimate of drug-likeness (QED) is 0.0717. The van der Waals surface area contributed by atoms with Crippen molar-refractivity contribution in [3.63, 3.8) is 0 Å². The maximum Gasteiger partial charge on any atom is 1.00 e. The van der Waals surface area contributed by atoms with Crippen LogP contribution in [0.4, 0.5) is 9.59 Å². The van der Waals surface area contributed by atoms with Crippen LogP contribution in [0.5, 0.6) is 0 Å². The van der Waals surface area contributed by atoms with Crippen molar-refractivity contribution in [1.29, 1.82) is 0 Å². The van der Waals surface area contributed by atoms with Gasteiger partial charge in [-0.15, -0.1) is 0 Å². The first kappa shape index (κ1) is 51.5. The number of carboxylic acids is 1. The van der Waals surface area contributed by atoms with E-state index in [-0.39, 0.29) is 69.7 Å². The summed E-state index contributed by atoms with van der Waals surface area (Å²) in [4.78, 5) is 87.0. The molecule has 2 aliphatic carbocycles. The van der Waals surface area contributed by atoms with Crippen molar-refractivity contribution in [2.45, 2.75) is 96.1 Å². The van der Waals surface area contributed by atoms with Crippen LogP contribution in [-0.2, 0) is 62.4 Å². The van der Waals surface area contributed by atoms with Gasteiger partial charge in [0.2, 0.25) is 11.8 Å². The summed E-state index contributed by atoms with van der Waals surface area (Å²) in [5, 5.41) is 33.7. The van der Waals surface area contributed by atoms with Crippen LogP contribution in [0.2, 0.25) is 0 Å². The van der Waals surface area contributed by atoms with Crippen LogP contribution in [0.1, 0.15) is 79.4 Å². The topological polar surface area (TPSA) is 265 Å². The van der Waals surface area contributed by atoms with E-state index < -0.39 is 61.6 Å². The Hall–Kier alpha value is -4.80. The van der Waals surface area contributed by atoms with Gasteiger partial charge in [-0.2, -0.15) is 0 Å². The van der Waals surface area contributed by atoms with Gasteiger partial charge in [0.25, 0.3) is 0 Å². The van der Waals surface area contributed by atoms with Gasteiger partial charge in [-0.3, -0.25) is 29.1 Å². The average molecular weight is 861 g/mol. The summed E-state index contributed by atoms with van der Waals surface area (Å²) >= 11 is 0. The van der Waals surface area contributed by atoms with Crippen molar-refractivity contribution in [3.8, 4) is 0 Å². The Kier molecular flexibility index (Phi) is 21.6. The molecule has 6 N–H and O–H groups in total. The van der Waals surface area contributed by atoms with E-state index in [0.717, 1.165) is 61.2 Å². The van der Waals surface area contributed by atoms with E-state index in [1.807, 2.05) is 6.07 Å². The molecule has 6 rings (SSSR count). The SMILES string of the molecule is CCOC(=O)CN1CCN(C(=O)NCCCc2ccc3c(n2)CCCC3)[C@@H](CO)C1=O.O=C(O)CN1CCN(C(=O)NCCCc2ccc3c(n2)CCCC3)[C@@H](CO)C1=O.[Li+].[OH-]. The van der Waals surface area contributed by atoms with Gasteiger partial charge in [0.1, 0.15) is 25.2 Å². The molecule has 2 aliphatic heterocycles. The van der Waals surface area contributed by atoms with Crippen LogP contribution in [0.3, 0.4) is 0 Å². The Labute approximate surface area is 374 Å². The molecule has 2 aromatic heterocycles. The molecule has 4 aliphatic rings. The summed E-state index contributed by atoms with van der Waals surface area (Å²) in [7, 11) is 0. The number of hydrogen-bond donors (Lipinski definition) is 5. The van der Waals surface area contributed by atoms with Crippen molar-refractivity contribution in [1.82, 2.24) is 40.2 Å². The number of nitrogens with one attached hydrogen (secondary N) is 2. The van der Waals surface area contributed by atoms with Gasteiger partial charge in [0.05, 0.1) is 19.8 Å². The van der Waals surface area contributed by atoms with Crippen molar-refractivity contribution in [2.75, 3.05) is 72.2 Å². The first-order valence-electron chi connectivity index (χ1n) is 21.2. The number of aliphatic carboxylic acids is 1. The molecule has 0 aromatic carbocycles. The minimum Gasteiger partial charge on any atom is -0.870 e. The van der Waals surface area contributed by atoms with E-state index in [4.69, 9.17) is 19.8 Å². The van der Waals surface area contributed by atoms with Gasteiger partial charge in [0.15, 0.2) is 0 Å². The Bertz CT molecular complexity index is 1840. The Morgan fingerprint density at radius 2 is 1.13 bits per heavy atom. The summed E-state index contributed by atoms with van der Waals surface area (Å²) in [6, 6.07) is 5.58. The van der Waals surface area contributed by atoms with Crippen molar-refractivity contribution in [3.05, 3.63) is 58.2 Å². The molecule has 0 bridgehead atoms. The molecule has 2 saturated heterocycles. The third-order valence-corrected chi connectivity index (χ3v) is 11.2. The second-order valence-electron chi connectivity index (χ2n) is 15.4. The number of hydrogen-bond acceptors (Lipinski definition) is 12. The number of aliphatic hydroxyl groups excluding tert-OH is 2. The second-order valence-corrected chi connectivity index (χ2v) is 15.4. The monoisotopic (exact) mass is 860 g/mol. The van der Waals surface area contributed by atoms with Gasteiger partial charge >= 0.3 is 42.9 Å². The Morgan fingerprint density at radius 1 is 0.694 bits per heavy atom. The van der Waals surface area contributed by atoms with Crippen LogP contribution in [0.25, 0.3) is 0 Å². The number of aromatic nitrogens is 2. The molecule has 336 valence electrons. The third-order valence-electron chi connectivity index (χ3n) is 11.2. The average Bonchev–Trinajstić information content (AvgIpc) is 3.25. The van der Waals surface area contributed by atoms with E-state index in [1.165, 1.54) is 62.9 Å². The summed E-state index contributed by atoms with van der Waals surface area (Å²) in [5.41, 5.74) is 7.15. The molecule has 2 fully saturated rings. The van der Waals surface area contributed by atoms with Crippen molar-refractivity contribution >= 4 is 35.8 Å². The molecule has 19 nitrogen and oxygen atoms in total. The molecule has 2 atom stereocenters. The van der Waals surface area contributed by atoms with Crippen LogP contribution >= 0.6 is 0 Å². The summed E-state index contributed by atoms with van der Waals surface area (Å²) < 4.78 is 4.88. The first-order chi connectivity index (χ1) is 29.0. The number of carbonyl (C=O) groups is 6. The fraction of sp³-hybridized carbons (Fsp3) is 0.619. The van der Waals surface area contributed by atoms with Crippen molar-refractivity contribution in [2.24, 2.45) is 0 Å². The van der Waals surface area contributed by atoms with E-state index in [2.05, 4.69) is 28.8 Å². The fourth-order valence-corrected chi connectivity index (χ4v) is 8.02. The Balaban J connectivity index is 0.000000321. The summed E-state index contributed by atoms with van der Waals surface area (Å²) in [5.74, 6) is -2.62. The maximum atomic E-state index is 12.6. The van der Waals surface area contributed by atoms with Gasteiger partial charge < -0.3 is 55.8 Å². The number of urea groups is 2. The Morgan fingerprint density at radius 3 is 1.55 bits per heavy atom. The first-order valence-corrected chi connectivity index (χ1v) is 21.2. The number of carbonyl (C=O) groups excluding carboxylic acids is 5. The van der Waals surface area contributed by atoms with Crippen LogP contribution < -0.4 is 29.5 Å². The number of carboxylic acid groups (broad SMARTS) is 1. The molecule has 0 spiro atoms. The zero-order valence-corrected chi connectivity index (χ0v) is 36.1. The number of amides is 6. The maximum absolute atomic E-state index is 12.6. The third kappa shape index (κ3) is 14.4. The number of fused-ring (bicyclic) bond motifs is 2. The number of rotatable bonds is 15. The van der Waals surface area contributed by atoms with Gasteiger partial charge in [-0.25, -0.2) is 9.59 Å². The number of pyridine rings is 2. The predicted octanol–water partition coefficient (Wildman–Crippen LogP) is -2.31. The number of ether oxygens (including phenoxy) is 1. The minimum atomic E-state index is -1.12. The summed E-state index contributed by atoms with van der Waals surface area (Å²) in [6.07, 6.45) is 12.1. The van der Waals surface area contributed by atoms with E-state index in [9.17, 15) is 39.0 Å². The number of nitrogens with zero attached hydrogens (tertiary/aromatic N) is 6. The van der Waals surface area contributed by atoms with Gasteiger partial charge in [-0.05, 0) is 107 Å². The van der Waals surface area contributed by atoms with Crippen LogP contribution in [0.15, 0.2) is 24.3 Å². The number of esters is 1. The normalized spacial score (nSPS) is 18.2. The molecule has 0 saturated carbocycles. The standard InChI is InChI=1S/C22H32N4O5.C20H28N4O5.Li.H2O/c1-2-31-20(28)14-25-12-13-26(19(15-27)21(25)29)22(30)23-11-5-7-17-10-9-16-6-3-4-8-18(16)24-17;25-13-17-19(28)23(12-18(26)27)10-11-24(17)20(29)21-9-3-5-15-8-7-14-4-1-2-6-16(14)22-15;;/h9-10,19,27H,2-8,11-15H2,1H3,(H,23,30);7-8,17,25H,1-6,9-13H2,(H,21,29)(H,26,27);;1H2/q;;+1;/p-1/t19-;17-;;/m00../s1. The van der Waals surface area contributed by atoms with E-state index in [1.54, 1.807) is 6.92 Å². The number of aryl methyl sites for hydroxylation is 6. The zero-order chi connectivity index (χ0) is 43.0. The molecule has 2 aromatic rings. The summed E-state index contributed by atoms with van der Waals surface area (Å²) in [6.45, 7) is 1.95. The van der Waals surface area contributed by atoms with Crippen LogP contribution in [0, 0.1) is 0 Å². The minimum absolute atomic E-state index is 0. The van der Waals surface area contributed by atoms with Gasteiger partial charge in [-0.1, -0.05) is 12.1 Å². The molecular weight excluding hydrogens is 799 g/mol. The molecule has 0 radical (unpaired) electrons. The van der Waals surface area contributed by atoms with E-state index >= 15 is 0 Å².